The number of aromatic nitrogens is 1. The minimum Gasteiger partial charge on any atom is -0.477 e. The van der Waals surface area contributed by atoms with E-state index < -0.39 is 16.0 Å². The Morgan fingerprint density at radius 3 is 2.38 bits per heavy atom. The molecule has 0 aliphatic carbocycles. The summed E-state index contributed by atoms with van der Waals surface area (Å²) in [6.45, 7) is 4.71. The van der Waals surface area contributed by atoms with Crippen LogP contribution in [0.15, 0.2) is 47.5 Å². The van der Waals surface area contributed by atoms with E-state index >= 15 is 0 Å². The molecule has 0 spiro atoms. The zero-order valence-electron chi connectivity index (χ0n) is 13.8. The van der Waals surface area contributed by atoms with Crippen molar-refractivity contribution in [2.75, 3.05) is 6.54 Å². The predicted molar refractivity (Wildman–Crippen MR) is 91.4 cm³/mol. The lowest BCUT2D eigenvalue weighted by Gasteiger charge is -2.21. The summed E-state index contributed by atoms with van der Waals surface area (Å²) in [6, 6.07) is 10.6. The van der Waals surface area contributed by atoms with Gasteiger partial charge in [0.05, 0.1) is 0 Å². The van der Waals surface area contributed by atoms with Gasteiger partial charge in [-0.3, -0.25) is 0 Å². The van der Waals surface area contributed by atoms with Gasteiger partial charge in [-0.15, -0.1) is 0 Å². The predicted octanol–water partition coefficient (Wildman–Crippen LogP) is 2.81. The van der Waals surface area contributed by atoms with E-state index in [-0.39, 0.29) is 17.1 Å². The fourth-order valence-corrected chi connectivity index (χ4v) is 4.10. The second-order valence-corrected chi connectivity index (χ2v) is 7.41. The summed E-state index contributed by atoms with van der Waals surface area (Å²) in [5.74, 6) is -1.14. The van der Waals surface area contributed by atoms with Crippen molar-refractivity contribution in [3.05, 3.63) is 53.9 Å². The highest BCUT2D eigenvalue weighted by molar-refractivity contribution is 7.89. The first-order chi connectivity index (χ1) is 11.4. The number of hydrogen-bond acceptors (Lipinski definition) is 3. The fourth-order valence-electron chi connectivity index (χ4n) is 2.54. The maximum absolute atomic E-state index is 13.0. The molecule has 0 radical (unpaired) electrons. The van der Waals surface area contributed by atoms with Crippen LogP contribution in [0.25, 0.3) is 0 Å². The number of hydrogen-bond donors (Lipinski definition) is 1. The van der Waals surface area contributed by atoms with Crippen LogP contribution in [0.1, 0.15) is 36.3 Å². The Labute approximate surface area is 142 Å². The van der Waals surface area contributed by atoms with Gasteiger partial charge in [-0.2, -0.15) is 4.31 Å². The van der Waals surface area contributed by atoms with Crippen molar-refractivity contribution in [1.82, 2.24) is 8.87 Å². The molecule has 1 heterocycles. The minimum absolute atomic E-state index is 0.0196. The first-order valence-electron chi connectivity index (χ1n) is 7.87. The molecule has 2 rings (SSSR count). The second kappa shape index (κ2) is 7.63. The summed E-state index contributed by atoms with van der Waals surface area (Å²) in [5, 5.41) is 9.22. The average molecular weight is 350 g/mol. The molecule has 130 valence electrons. The van der Waals surface area contributed by atoms with E-state index in [0.717, 1.165) is 5.56 Å². The Bertz CT molecular complexity index is 797. The van der Waals surface area contributed by atoms with Gasteiger partial charge in [0.25, 0.3) is 0 Å². The minimum atomic E-state index is -3.76. The van der Waals surface area contributed by atoms with Crippen LogP contribution < -0.4 is 0 Å². The summed E-state index contributed by atoms with van der Waals surface area (Å²) in [5.41, 5.74) is 0.871. The van der Waals surface area contributed by atoms with E-state index in [9.17, 15) is 18.3 Å². The molecule has 0 saturated heterocycles. The number of sulfonamides is 1. The lowest BCUT2D eigenvalue weighted by atomic mass is 10.2. The summed E-state index contributed by atoms with van der Waals surface area (Å²) in [7, 11) is -3.76. The molecule has 0 saturated carbocycles. The molecule has 6 nitrogen and oxygen atoms in total. The van der Waals surface area contributed by atoms with E-state index in [1.165, 1.54) is 21.1 Å². The van der Waals surface area contributed by atoms with Crippen LogP contribution in [0.4, 0.5) is 0 Å². The van der Waals surface area contributed by atoms with Gasteiger partial charge in [0.15, 0.2) is 0 Å². The van der Waals surface area contributed by atoms with E-state index in [1.807, 2.05) is 37.3 Å². The van der Waals surface area contributed by atoms with Gasteiger partial charge in [-0.25, -0.2) is 13.2 Å². The van der Waals surface area contributed by atoms with Crippen LogP contribution in [-0.4, -0.2) is 34.9 Å². The number of carboxylic acids is 1. The molecule has 0 fully saturated rings. The molecular weight excluding hydrogens is 328 g/mol. The lowest BCUT2D eigenvalue weighted by molar-refractivity contribution is 0.0685. The topological polar surface area (TPSA) is 79.6 Å². The molecule has 2 aromatic rings. The number of benzene rings is 1. The van der Waals surface area contributed by atoms with Gasteiger partial charge in [0, 0.05) is 25.8 Å². The van der Waals surface area contributed by atoms with Gasteiger partial charge < -0.3 is 9.67 Å². The number of nitrogens with zero attached hydrogens (tertiary/aromatic N) is 2. The smallest absolute Gasteiger partial charge is 0.352 e. The van der Waals surface area contributed by atoms with Crippen molar-refractivity contribution in [3.63, 3.8) is 0 Å². The van der Waals surface area contributed by atoms with Crippen LogP contribution in [0.5, 0.6) is 0 Å². The Kier molecular flexibility index (Phi) is 5.80. The quantitative estimate of drug-likeness (QED) is 0.794. The number of aromatic carboxylic acids is 1. The van der Waals surface area contributed by atoms with E-state index in [2.05, 4.69) is 0 Å². The average Bonchev–Trinajstić information content (AvgIpc) is 3.01. The van der Waals surface area contributed by atoms with Gasteiger partial charge in [-0.1, -0.05) is 37.3 Å². The number of aryl methyl sites for hydroxylation is 1. The van der Waals surface area contributed by atoms with Crippen LogP contribution in [0, 0.1) is 0 Å². The van der Waals surface area contributed by atoms with Crippen LogP contribution in [0.2, 0.25) is 0 Å². The Morgan fingerprint density at radius 1 is 1.21 bits per heavy atom. The van der Waals surface area contributed by atoms with Crippen LogP contribution >= 0.6 is 0 Å². The normalized spacial score (nSPS) is 11.8. The molecule has 24 heavy (non-hydrogen) atoms. The SMILES string of the molecule is CCCN(Cc1ccccc1)S(=O)(=O)c1cc(C(=O)O)n(CC)c1. The van der Waals surface area contributed by atoms with Crippen LogP contribution in [0.3, 0.4) is 0 Å². The third-order valence-corrected chi connectivity index (χ3v) is 5.55. The molecular formula is C17H22N2O4S. The highest BCUT2D eigenvalue weighted by Crippen LogP contribution is 2.21. The van der Waals surface area contributed by atoms with Crippen molar-refractivity contribution < 1.29 is 18.3 Å². The van der Waals surface area contributed by atoms with Gasteiger partial charge in [0.2, 0.25) is 10.0 Å². The van der Waals surface area contributed by atoms with Gasteiger partial charge in [-0.05, 0) is 25.0 Å². The standard InChI is InChI=1S/C17H22N2O4S/c1-3-10-19(12-14-8-6-5-7-9-14)24(22,23)15-11-16(17(20)21)18(4-2)13-15/h5-9,11,13H,3-4,10,12H2,1-2H3,(H,20,21). The molecule has 1 aromatic heterocycles. The van der Waals surface area contributed by atoms with Crippen molar-refractivity contribution in [1.29, 1.82) is 0 Å². The number of rotatable bonds is 8. The van der Waals surface area contributed by atoms with E-state index in [0.29, 0.717) is 19.5 Å². The lowest BCUT2D eigenvalue weighted by Crippen LogP contribution is -2.31. The van der Waals surface area contributed by atoms with E-state index in [1.54, 1.807) is 6.92 Å². The third kappa shape index (κ3) is 3.85. The third-order valence-electron chi connectivity index (χ3n) is 3.74. The fraction of sp³-hybridized carbons (Fsp3) is 0.353. The summed E-state index contributed by atoms with van der Waals surface area (Å²) < 4.78 is 28.7. The molecule has 0 atom stereocenters. The van der Waals surface area contributed by atoms with Crippen molar-refractivity contribution >= 4 is 16.0 Å². The molecule has 0 bridgehead atoms. The Balaban J connectivity index is 2.39. The molecule has 0 aliphatic heterocycles. The number of carbonyl (C=O) groups is 1. The number of carboxylic acid groups (broad SMARTS) is 1. The van der Waals surface area contributed by atoms with Crippen LogP contribution in [-0.2, 0) is 23.1 Å². The first-order valence-corrected chi connectivity index (χ1v) is 9.31. The van der Waals surface area contributed by atoms with Gasteiger partial charge in [0.1, 0.15) is 10.6 Å². The van der Waals surface area contributed by atoms with E-state index in [4.69, 9.17) is 0 Å². The van der Waals surface area contributed by atoms with Gasteiger partial charge >= 0.3 is 5.97 Å². The second-order valence-electron chi connectivity index (χ2n) is 5.48. The maximum atomic E-state index is 13.0. The first kappa shape index (κ1) is 18.2. The monoisotopic (exact) mass is 350 g/mol. The maximum Gasteiger partial charge on any atom is 0.352 e. The molecule has 0 unspecified atom stereocenters. The van der Waals surface area contributed by atoms with Crippen molar-refractivity contribution in [2.45, 2.75) is 38.3 Å². The molecule has 1 N–H and O–H groups in total. The molecule has 1 aromatic carbocycles. The van der Waals surface area contributed by atoms with Crippen molar-refractivity contribution in [3.8, 4) is 0 Å². The highest BCUT2D eigenvalue weighted by Gasteiger charge is 2.27. The molecule has 7 heteroatoms. The highest BCUT2D eigenvalue weighted by atomic mass is 32.2. The Morgan fingerprint density at radius 2 is 1.88 bits per heavy atom. The molecule has 0 aliphatic rings. The zero-order valence-corrected chi connectivity index (χ0v) is 14.7. The summed E-state index contributed by atoms with van der Waals surface area (Å²) >= 11 is 0. The molecule has 0 amide bonds. The summed E-state index contributed by atoms with van der Waals surface area (Å²) in [4.78, 5) is 11.3. The largest absolute Gasteiger partial charge is 0.477 e. The summed E-state index contributed by atoms with van der Waals surface area (Å²) in [6.07, 6.45) is 2.07. The van der Waals surface area contributed by atoms with Crippen molar-refractivity contribution in [2.24, 2.45) is 0 Å². The Hall–Kier alpha value is -2.12. The zero-order chi connectivity index (χ0) is 17.7.